The number of nitrogens with zero attached hydrogens (tertiary/aromatic N) is 5. The van der Waals surface area contributed by atoms with Gasteiger partial charge in [-0.1, -0.05) is 52.0 Å². The first-order valence-corrected chi connectivity index (χ1v) is 21.0. The lowest BCUT2D eigenvalue weighted by atomic mass is 9.92. The number of methoxy groups -OCH3 is 2. The van der Waals surface area contributed by atoms with Gasteiger partial charge < -0.3 is 49.3 Å². The maximum absolute atomic E-state index is 14.1. The fraction of sp³-hybridized carbons (Fsp3) is 0.558. The number of aromatic nitrogens is 4. The predicted octanol–water partition coefficient (Wildman–Crippen LogP) is 1.87. The van der Waals surface area contributed by atoms with Gasteiger partial charge in [0.1, 0.15) is 23.7 Å². The molecular weight excluding hydrogens is 771 g/mol. The lowest BCUT2D eigenvalue weighted by molar-refractivity contribution is -0.153. The highest BCUT2D eigenvalue weighted by Gasteiger charge is 2.53. The summed E-state index contributed by atoms with van der Waals surface area (Å²) in [5.41, 5.74) is 2.05. The summed E-state index contributed by atoms with van der Waals surface area (Å²) in [4.78, 5) is 77.2. The number of benzene rings is 1. The Kier molecular flexibility index (Phi) is 11.6. The Labute approximate surface area is 347 Å². The van der Waals surface area contributed by atoms with Crippen LogP contribution in [0, 0.1) is 11.8 Å². The Hall–Kier alpha value is -5.55. The molecule has 17 heteroatoms. The third-order valence-electron chi connectivity index (χ3n) is 12.4. The van der Waals surface area contributed by atoms with Gasteiger partial charge >= 0.3 is 12.2 Å². The number of aromatic amines is 2. The number of imidazole rings is 2. The number of H-pyrrole nitrogens is 2. The van der Waals surface area contributed by atoms with Gasteiger partial charge in [0, 0.05) is 18.9 Å². The van der Waals surface area contributed by atoms with Crippen LogP contribution in [0.3, 0.4) is 0 Å². The highest BCUT2D eigenvalue weighted by atomic mass is 16.7. The van der Waals surface area contributed by atoms with Crippen molar-refractivity contribution in [1.82, 2.24) is 40.4 Å². The molecule has 3 saturated heterocycles. The Morgan fingerprint density at radius 1 is 0.883 bits per heavy atom. The Morgan fingerprint density at radius 2 is 1.58 bits per heavy atom. The number of carbonyl (C=O) groups excluding carboxylic acids is 4. The molecule has 4 unspecified atom stereocenters. The van der Waals surface area contributed by atoms with E-state index in [1.54, 1.807) is 4.90 Å². The molecule has 60 heavy (non-hydrogen) atoms. The average Bonchev–Trinajstić information content (AvgIpc) is 4.11. The van der Waals surface area contributed by atoms with E-state index in [9.17, 15) is 19.2 Å². The molecule has 4 N–H and O–H groups in total. The molecule has 1 aliphatic carbocycles. The van der Waals surface area contributed by atoms with Crippen molar-refractivity contribution in [2.45, 2.75) is 102 Å². The van der Waals surface area contributed by atoms with Crippen LogP contribution in [0.1, 0.15) is 107 Å². The number of hydrogen-bond acceptors (Lipinski definition) is 11. The van der Waals surface area contributed by atoms with E-state index in [-0.39, 0.29) is 48.2 Å². The number of hydrogen-bond donors (Lipinski definition) is 4. The van der Waals surface area contributed by atoms with E-state index in [0.29, 0.717) is 38.4 Å². The van der Waals surface area contributed by atoms with Gasteiger partial charge in [-0.05, 0) is 60.4 Å². The number of carbonyl (C=O) groups is 4. The Morgan fingerprint density at radius 3 is 2.27 bits per heavy atom. The van der Waals surface area contributed by atoms with Crippen molar-refractivity contribution in [3.8, 4) is 0 Å². The fourth-order valence-electron chi connectivity index (χ4n) is 9.12. The van der Waals surface area contributed by atoms with Crippen molar-refractivity contribution in [2.75, 3.05) is 40.5 Å². The third kappa shape index (κ3) is 8.04. The van der Waals surface area contributed by atoms with Crippen LogP contribution in [0.25, 0.3) is 18.2 Å². The van der Waals surface area contributed by atoms with Crippen LogP contribution >= 0.6 is 0 Å². The van der Waals surface area contributed by atoms with Crippen molar-refractivity contribution in [1.29, 1.82) is 0 Å². The molecule has 2 aromatic heterocycles. The number of nitrogens with one attached hydrogen (secondary N) is 4. The maximum Gasteiger partial charge on any atom is 0.407 e. The molecule has 4 amide bonds. The molecule has 6 atom stereocenters. The van der Waals surface area contributed by atoms with Crippen LogP contribution in [-0.2, 0) is 28.5 Å². The second-order valence-corrected chi connectivity index (χ2v) is 17.0. The maximum atomic E-state index is 14.1. The molecule has 320 valence electrons. The molecule has 6 heterocycles. The minimum atomic E-state index is -0.930. The number of alkyl carbamates (subject to hydrolysis) is 2. The molecule has 0 radical (unpaired) electrons. The molecule has 0 bridgehead atoms. The molecule has 0 saturated carbocycles. The van der Waals surface area contributed by atoms with Crippen LogP contribution in [-0.4, -0.2) is 112 Å². The van der Waals surface area contributed by atoms with Gasteiger partial charge in [0.2, 0.25) is 11.8 Å². The molecule has 17 nitrogen and oxygen atoms in total. The molecular formula is C43H55N9O8. The predicted molar refractivity (Wildman–Crippen MR) is 217 cm³/mol. The number of ether oxygens (including phenoxy) is 4. The van der Waals surface area contributed by atoms with Crippen molar-refractivity contribution < 1.29 is 38.1 Å². The number of fused-ring (bicyclic) bond motifs is 2. The van der Waals surface area contributed by atoms with Gasteiger partial charge in [-0.3, -0.25) is 14.6 Å². The second kappa shape index (κ2) is 16.8. The Bertz CT molecular complexity index is 2380. The molecule has 1 aromatic carbocycles. The van der Waals surface area contributed by atoms with E-state index in [4.69, 9.17) is 33.9 Å². The number of likely N-dealkylation sites (tertiary alicyclic amines) is 2. The zero-order chi connectivity index (χ0) is 42.3. The largest absolute Gasteiger partial charge is 0.453 e. The minimum absolute atomic E-state index is 0.0938. The first kappa shape index (κ1) is 41.2. The van der Waals surface area contributed by atoms with Gasteiger partial charge in [-0.25, -0.2) is 19.6 Å². The smallest absolute Gasteiger partial charge is 0.407 e. The standard InChI is InChI=1S/C43H55N9O8/c1-23(2)35(49-41(55)57-5)39(53)51-15-7-8-33(51)37-44-21-32(48-37)30-14-11-27-18-25(9-12-28(27)45-30)26-10-13-29-31(19-26)47-38(46-29)34-20-43(59-16-17-60-43)22-52(34)40(54)36(24(3)4)50-42(56)58-6/h9,11-13,18-19,21,23-24,26,30,33-36H,7-8,10,14-17,20,22H2,1-6H3,(H,44,48)(H,46,47)(H,49,55)(H,50,56)/t26?,30?,33?,34?,35-,36-/m0/s1. The average molecular weight is 826 g/mol. The van der Waals surface area contributed by atoms with Gasteiger partial charge in [-0.2, -0.15) is 0 Å². The quantitative estimate of drug-likeness (QED) is 0.234. The zero-order valence-electron chi connectivity index (χ0n) is 35.0. The SMILES string of the molecule is COC(=O)N[C@H](C(=O)N1CCCC1c1ncc(C2CC=c3cc(C4C=c5[nH]c(C6CC7(CN6C(=O)[C@@H](NC(=O)OC)C(C)C)OCCO7)nc5=CC4)ccc3=N2)[nH]1)C(C)C. The lowest BCUT2D eigenvalue weighted by Gasteiger charge is -2.30. The van der Waals surface area contributed by atoms with E-state index in [2.05, 4.69) is 57.0 Å². The zero-order valence-corrected chi connectivity index (χ0v) is 35.0. The summed E-state index contributed by atoms with van der Waals surface area (Å²) >= 11 is 0. The topological polar surface area (TPSA) is 205 Å². The summed E-state index contributed by atoms with van der Waals surface area (Å²) in [6.45, 7) is 9.26. The molecule has 3 aromatic rings. The normalized spacial score (nSPS) is 23.8. The summed E-state index contributed by atoms with van der Waals surface area (Å²) in [6, 6.07) is 4.09. The van der Waals surface area contributed by atoms with E-state index in [0.717, 1.165) is 57.6 Å². The van der Waals surface area contributed by atoms with Crippen LogP contribution in [0.2, 0.25) is 0 Å². The van der Waals surface area contributed by atoms with Crippen molar-refractivity contribution in [3.63, 3.8) is 0 Å². The van der Waals surface area contributed by atoms with Crippen LogP contribution in [0.4, 0.5) is 9.59 Å². The molecule has 8 rings (SSSR count). The summed E-state index contributed by atoms with van der Waals surface area (Å²) in [5, 5.41) is 9.11. The van der Waals surface area contributed by atoms with Crippen molar-refractivity contribution in [2.24, 2.45) is 16.8 Å². The fourth-order valence-corrected chi connectivity index (χ4v) is 9.12. The van der Waals surface area contributed by atoms with Gasteiger partial charge in [0.05, 0.1) is 80.0 Å². The summed E-state index contributed by atoms with van der Waals surface area (Å²) in [5.74, 6) is -0.164. The van der Waals surface area contributed by atoms with E-state index >= 15 is 0 Å². The molecule has 5 aliphatic rings. The number of rotatable bonds is 10. The molecule has 4 aliphatic heterocycles. The van der Waals surface area contributed by atoms with Crippen molar-refractivity contribution in [3.05, 3.63) is 68.6 Å². The second-order valence-electron chi connectivity index (χ2n) is 17.0. The van der Waals surface area contributed by atoms with Crippen LogP contribution < -0.4 is 31.9 Å². The van der Waals surface area contributed by atoms with E-state index in [1.165, 1.54) is 14.2 Å². The third-order valence-corrected chi connectivity index (χ3v) is 12.4. The molecule has 3 fully saturated rings. The van der Waals surface area contributed by atoms with Crippen LogP contribution in [0.15, 0.2) is 29.4 Å². The summed E-state index contributed by atoms with van der Waals surface area (Å²) < 4.78 is 21.7. The first-order chi connectivity index (χ1) is 28.9. The van der Waals surface area contributed by atoms with E-state index < -0.39 is 36.1 Å². The van der Waals surface area contributed by atoms with Gasteiger partial charge in [-0.15, -0.1) is 0 Å². The van der Waals surface area contributed by atoms with Gasteiger partial charge in [0.25, 0.3) is 0 Å². The highest BCUT2D eigenvalue weighted by molar-refractivity contribution is 5.87. The minimum Gasteiger partial charge on any atom is -0.453 e. The van der Waals surface area contributed by atoms with E-state index in [1.807, 2.05) is 38.8 Å². The summed E-state index contributed by atoms with van der Waals surface area (Å²) in [7, 11) is 2.57. The first-order valence-electron chi connectivity index (χ1n) is 21.0. The Balaban J connectivity index is 0.986. The highest BCUT2D eigenvalue weighted by Crippen LogP contribution is 2.42. The number of amides is 4. The van der Waals surface area contributed by atoms with Gasteiger partial charge in [0.15, 0.2) is 5.79 Å². The summed E-state index contributed by atoms with van der Waals surface area (Å²) in [6.07, 6.45) is 10.6. The lowest BCUT2D eigenvalue weighted by Crippen LogP contribution is -2.52. The van der Waals surface area contributed by atoms with Crippen LogP contribution in [0.5, 0.6) is 0 Å². The van der Waals surface area contributed by atoms with Crippen molar-refractivity contribution >= 4 is 42.2 Å². The molecule has 1 spiro atoms. The monoisotopic (exact) mass is 825 g/mol.